The normalized spacial score (nSPS) is 13.4. The predicted octanol–water partition coefficient (Wildman–Crippen LogP) is 4.21. The molecule has 3 rings (SSSR count). The second-order valence-corrected chi connectivity index (χ2v) is 4.10. The highest BCUT2D eigenvalue weighted by molar-refractivity contribution is 5.94. The Balaban J connectivity index is 2.07. The second-order valence-electron chi connectivity index (χ2n) is 4.10. The third kappa shape index (κ3) is 1.63. The van der Waals surface area contributed by atoms with Gasteiger partial charge < -0.3 is 0 Å². The van der Waals surface area contributed by atoms with E-state index in [1.54, 1.807) is 12.5 Å². The van der Waals surface area contributed by atoms with Crippen molar-refractivity contribution in [3.05, 3.63) is 77.0 Å². The molecule has 2 aromatic rings. The summed E-state index contributed by atoms with van der Waals surface area (Å²) in [5, 5.41) is 0. The minimum Gasteiger partial charge on any atom is -0.204 e. The van der Waals surface area contributed by atoms with Crippen LogP contribution in [0.3, 0.4) is 0 Å². The molecule has 0 atom stereocenters. The van der Waals surface area contributed by atoms with Crippen molar-refractivity contribution in [3.63, 3.8) is 0 Å². The molecule has 0 saturated carbocycles. The lowest BCUT2D eigenvalue weighted by atomic mass is 10.0. The van der Waals surface area contributed by atoms with Crippen LogP contribution in [0.15, 0.2) is 36.4 Å². The highest BCUT2D eigenvalue weighted by atomic mass is 19.2. The number of fused-ring (bicyclic) bond motifs is 1. The van der Waals surface area contributed by atoms with E-state index in [0.29, 0.717) is 5.57 Å². The van der Waals surface area contributed by atoms with Gasteiger partial charge in [0.15, 0.2) is 17.5 Å². The molecule has 0 heterocycles. The zero-order valence-electron chi connectivity index (χ0n) is 9.25. The van der Waals surface area contributed by atoms with Crippen LogP contribution in [0.2, 0.25) is 0 Å². The van der Waals surface area contributed by atoms with Crippen molar-refractivity contribution in [1.29, 1.82) is 0 Å². The van der Waals surface area contributed by atoms with Crippen LogP contribution < -0.4 is 0 Å². The second kappa shape index (κ2) is 4.02. The standard InChI is InChI=1S/C15H8F3/c16-13-6-5-12(14(17)15(13)18)11-7-9-3-1-2-4-10(9)8-11/h1-8H. The number of allylic oxidation sites excluding steroid dienone is 1. The summed E-state index contributed by atoms with van der Waals surface area (Å²) in [6.45, 7) is 0. The molecule has 0 unspecified atom stereocenters. The maximum absolute atomic E-state index is 13.7. The van der Waals surface area contributed by atoms with Gasteiger partial charge in [0, 0.05) is 12.0 Å². The third-order valence-electron chi connectivity index (χ3n) is 2.96. The van der Waals surface area contributed by atoms with Gasteiger partial charge >= 0.3 is 0 Å². The minimum absolute atomic E-state index is 0.0742. The van der Waals surface area contributed by atoms with E-state index in [9.17, 15) is 13.2 Å². The van der Waals surface area contributed by atoms with E-state index in [-0.39, 0.29) is 5.56 Å². The lowest BCUT2D eigenvalue weighted by molar-refractivity contribution is 0.446. The van der Waals surface area contributed by atoms with Crippen LogP contribution >= 0.6 is 0 Å². The van der Waals surface area contributed by atoms with E-state index >= 15 is 0 Å². The van der Waals surface area contributed by atoms with E-state index in [2.05, 4.69) is 0 Å². The molecule has 0 bridgehead atoms. The van der Waals surface area contributed by atoms with Crippen LogP contribution in [-0.4, -0.2) is 0 Å². The van der Waals surface area contributed by atoms with Crippen LogP contribution in [0.5, 0.6) is 0 Å². The number of hydrogen-bond acceptors (Lipinski definition) is 0. The van der Waals surface area contributed by atoms with Crippen LogP contribution in [0.1, 0.15) is 16.7 Å². The first kappa shape index (κ1) is 11.1. The molecule has 0 fully saturated rings. The average molecular weight is 245 g/mol. The van der Waals surface area contributed by atoms with Gasteiger partial charge in [-0.15, -0.1) is 0 Å². The molecule has 0 nitrogen and oxygen atoms in total. The lowest BCUT2D eigenvalue weighted by Gasteiger charge is -2.05. The Kier molecular flexibility index (Phi) is 2.47. The molecule has 3 heteroatoms. The van der Waals surface area contributed by atoms with Crippen LogP contribution in [0.25, 0.3) is 11.6 Å². The van der Waals surface area contributed by atoms with Gasteiger partial charge in [-0.1, -0.05) is 30.3 Å². The van der Waals surface area contributed by atoms with Gasteiger partial charge in [-0.05, 0) is 28.8 Å². The van der Waals surface area contributed by atoms with E-state index in [1.165, 1.54) is 6.07 Å². The average Bonchev–Trinajstić information content (AvgIpc) is 2.79. The van der Waals surface area contributed by atoms with Gasteiger partial charge in [-0.2, -0.15) is 0 Å². The molecule has 2 aromatic carbocycles. The fraction of sp³-hybridized carbons (Fsp3) is 0. The number of halogens is 3. The van der Waals surface area contributed by atoms with Gasteiger partial charge in [0.25, 0.3) is 0 Å². The fourth-order valence-electron chi connectivity index (χ4n) is 2.05. The molecule has 0 saturated heterocycles. The SMILES string of the molecule is Fc1ccc(C2=Cc3ccccc3[CH]2)c(F)c1F. The Hall–Kier alpha value is -2.03. The first-order valence-corrected chi connectivity index (χ1v) is 5.46. The fourth-order valence-corrected chi connectivity index (χ4v) is 2.05. The summed E-state index contributed by atoms with van der Waals surface area (Å²) in [5.74, 6) is -3.75. The molecule has 0 spiro atoms. The number of rotatable bonds is 1. The Bertz CT molecular complexity index is 657. The van der Waals surface area contributed by atoms with E-state index in [1.807, 2.05) is 24.3 Å². The molecule has 1 aliphatic carbocycles. The maximum Gasteiger partial charge on any atom is 0.195 e. The zero-order chi connectivity index (χ0) is 12.7. The van der Waals surface area contributed by atoms with Gasteiger partial charge in [0.05, 0.1) is 0 Å². The summed E-state index contributed by atoms with van der Waals surface area (Å²) >= 11 is 0. The first-order valence-electron chi connectivity index (χ1n) is 5.46. The smallest absolute Gasteiger partial charge is 0.195 e. The summed E-state index contributed by atoms with van der Waals surface area (Å²) < 4.78 is 39.7. The number of benzene rings is 2. The molecule has 1 aliphatic rings. The van der Waals surface area contributed by atoms with Crippen LogP contribution in [0, 0.1) is 23.9 Å². The van der Waals surface area contributed by atoms with Crippen molar-refractivity contribution in [1.82, 2.24) is 0 Å². The quantitative estimate of drug-likeness (QED) is 0.660. The summed E-state index contributed by atoms with van der Waals surface area (Å²) in [6, 6.07) is 9.70. The molecular formula is C15H8F3. The highest BCUT2D eigenvalue weighted by Crippen LogP contribution is 2.34. The topological polar surface area (TPSA) is 0 Å². The Labute approximate surface area is 102 Å². The Morgan fingerprint density at radius 3 is 2.17 bits per heavy atom. The lowest BCUT2D eigenvalue weighted by Crippen LogP contribution is -1.96. The Morgan fingerprint density at radius 1 is 0.722 bits per heavy atom. The molecular weight excluding hydrogens is 237 g/mol. The molecule has 0 amide bonds. The summed E-state index contributed by atoms with van der Waals surface area (Å²) in [4.78, 5) is 0. The largest absolute Gasteiger partial charge is 0.204 e. The van der Waals surface area contributed by atoms with Crippen molar-refractivity contribution in [3.8, 4) is 0 Å². The molecule has 89 valence electrons. The molecule has 1 radical (unpaired) electrons. The maximum atomic E-state index is 13.7. The summed E-state index contributed by atoms with van der Waals surface area (Å²) in [5.41, 5.74) is 2.51. The molecule has 0 aromatic heterocycles. The van der Waals surface area contributed by atoms with Crippen LogP contribution in [-0.2, 0) is 0 Å². The van der Waals surface area contributed by atoms with E-state index < -0.39 is 17.5 Å². The van der Waals surface area contributed by atoms with Crippen molar-refractivity contribution in [2.75, 3.05) is 0 Å². The zero-order valence-corrected chi connectivity index (χ0v) is 9.25. The van der Waals surface area contributed by atoms with Crippen molar-refractivity contribution < 1.29 is 13.2 Å². The molecule has 0 N–H and O–H groups in total. The molecule has 18 heavy (non-hydrogen) atoms. The molecule has 0 aliphatic heterocycles. The third-order valence-corrected chi connectivity index (χ3v) is 2.96. The Morgan fingerprint density at radius 2 is 1.44 bits per heavy atom. The first-order chi connectivity index (χ1) is 8.66. The van der Waals surface area contributed by atoms with Crippen LogP contribution in [0.4, 0.5) is 13.2 Å². The number of hydrogen-bond donors (Lipinski definition) is 0. The van der Waals surface area contributed by atoms with Crippen molar-refractivity contribution >= 4 is 11.6 Å². The summed E-state index contributed by atoms with van der Waals surface area (Å²) in [7, 11) is 0. The predicted molar refractivity (Wildman–Crippen MR) is 64.0 cm³/mol. The summed E-state index contributed by atoms with van der Waals surface area (Å²) in [6.07, 6.45) is 3.51. The van der Waals surface area contributed by atoms with Gasteiger partial charge in [0.1, 0.15) is 0 Å². The van der Waals surface area contributed by atoms with Gasteiger partial charge in [-0.25, -0.2) is 13.2 Å². The minimum atomic E-state index is -1.43. The van der Waals surface area contributed by atoms with Gasteiger partial charge in [0.2, 0.25) is 0 Å². The van der Waals surface area contributed by atoms with Gasteiger partial charge in [-0.3, -0.25) is 0 Å². The highest BCUT2D eigenvalue weighted by Gasteiger charge is 2.20. The van der Waals surface area contributed by atoms with Crippen molar-refractivity contribution in [2.45, 2.75) is 0 Å². The van der Waals surface area contributed by atoms with E-state index in [4.69, 9.17) is 0 Å². The van der Waals surface area contributed by atoms with Crippen molar-refractivity contribution in [2.24, 2.45) is 0 Å². The monoisotopic (exact) mass is 245 g/mol. The van der Waals surface area contributed by atoms with E-state index in [0.717, 1.165) is 17.2 Å².